The Morgan fingerprint density at radius 3 is 2.32 bits per heavy atom. The molecule has 19 heavy (non-hydrogen) atoms. The molecule has 0 saturated heterocycles. The lowest BCUT2D eigenvalue weighted by Crippen LogP contribution is -2.02. The molecule has 0 fully saturated rings. The Kier molecular flexibility index (Phi) is 3.30. The van der Waals surface area contributed by atoms with Gasteiger partial charge >= 0.3 is 5.97 Å². The van der Waals surface area contributed by atoms with E-state index in [1.54, 1.807) is 6.07 Å². The maximum absolute atomic E-state index is 11.2. The number of hydrogen-bond acceptors (Lipinski definition) is 2. The van der Waals surface area contributed by atoms with Crippen LogP contribution in [0.1, 0.15) is 27.0 Å². The molecule has 0 aromatic heterocycles. The molecule has 3 N–H and O–H groups in total. The summed E-state index contributed by atoms with van der Waals surface area (Å²) in [6.07, 6.45) is 0. The van der Waals surface area contributed by atoms with Crippen LogP contribution in [0.15, 0.2) is 30.3 Å². The molecule has 0 aliphatic rings. The van der Waals surface area contributed by atoms with Gasteiger partial charge in [-0.3, -0.25) is 0 Å². The molecule has 2 aromatic rings. The Hall–Kier alpha value is -2.29. The maximum Gasteiger partial charge on any atom is 0.335 e. The molecular formula is C16H17NO2. The van der Waals surface area contributed by atoms with Crippen LogP contribution in [0.4, 0.5) is 5.69 Å². The minimum absolute atomic E-state index is 0.343. The fourth-order valence-corrected chi connectivity index (χ4v) is 2.35. The van der Waals surface area contributed by atoms with Gasteiger partial charge in [0.15, 0.2) is 0 Å². The van der Waals surface area contributed by atoms with E-state index in [4.69, 9.17) is 5.73 Å². The second-order valence-electron chi connectivity index (χ2n) is 4.81. The first-order chi connectivity index (χ1) is 8.91. The maximum atomic E-state index is 11.2. The van der Waals surface area contributed by atoms with Gasteiger partial charge in [0.1, 0.15) is 0 Å². The average Bonchev–Trinajstić information content (AvgIpc) is 2.33. The molecule has 3 heteroatoms. The molecule has 0 spiro atoms. The van der Waals surface area contributed by atoms with E-state index in [9.17, 15) is 9.90 Å². The van der Waals surface area contributed by atoms with Crippen LogP contribution >= 0.6 is 0 Å². The molecule has 0 unspecified atom stereocenters. The largest absolute Gasteiger partial charge is 0.478 e. The van der Waals surface area contributed by atoms with Crippen LogP contribution < -0.4 is 5.73 Å². The number of aryl methyl sites for hydroxylation is 2. The molecular weight excluding hydrogens is 238 g/mol. The van der Waals surface area contributed by atoms with Gasteiger partial charge in [-0.15, -0.1) is 0 Å². The predicted molar refractivity (Wildman–Crippen MR) is 77.5 cm³/mol. The summed E-state index contributed by atoms with van der Waals surface area (Å²) >= 11 is 0. The van der Waals surface area contributed by atoms with Crippen LogP contribution in [0, 0.1) is 20.8 Å². The third-order valence-corrected chi connectivity index (χ3v) is 3.46. The summed E-state index contributed by atoms with van der Waals surface area (Å²) in [6, 6.07) is 9.29. The minimum atomic E-state index is -0.897. The number of nitrogen functional groups attached to an aromatic ring is 1. The van der Waals surface area contributed by atoms with Crippen LogP contribution in [0.25, 0.3) is 11.1 Å². The van der Waals surface area contributed by atoms with Crippen molar-refractivity contribution < 1.29 is 9.90 Å². The summed E-state index contributed by atoms with van der Waals surface area (Å²) in [5.74, 6) is -0.897. The number of aromatic carboxylic acids is 1. The van der Waals surface area contributed by atoms with E-state index in [-0.39, 0.29) is 0 Å². The lowest BCUT2D eigenvalue weighted by atomic mass is 9.91. The number of carboxylic acid groups (broad SMARTS) is 1. The first kappa shape index (κ1) is 13.1. The number of benzene rings is 2. The molecule has 0 aliphatic carbocycles. The fourth-order valence-electron chi connectivity index (χ4n) is 2.35. The predicted octanol–water partition coefficient (Wildman–Crippen LogP) is 3.56. The highest BCUT2D eigenvalue weighted by atomic mass is 16.4. The minimum Gasteiger partial charge on any atom is -0.478 e. The first-order valence-corrected chi connectivity index (χ1v) is 6.12. The number of anilines is 1. The van der Waals surface area contributed by atoms with Crippen LogP contribution in [0.5, 0.6) is 0 Å². The lowest BCUT2D eigenvalue weighted by Gasteiger charge is -2.14. The van der Waals surface area contributed by atoms with E-state index in [2.05, 4.69) is 0 Å². The highest BCUT2D eigenvalue weighted by molar-refractivity contribution is 5.92. The van der Waals surface area contributed by atoms with Gasteiger partial charge < -0.3 is 10.8 Å². The first-order valence-electron chi connectivity index (χ1n) is 6.12. The van der Waals surface area contributed by atoms with E-state index in [0.717, 1.165) is 33.5 Å². The number of hydrogen-bond donors (Lipinski definition) is 2. The zero-order chi connectivity index (χ0) is 14.2. The Bertz CT molecular complexity index is 660. The Labute approximate surface area is 112 Å². The van der Waals surface area contributed by atoms with E-state index >= 15 is 0 Å². The van der Waals surface area contributed by atoms with Gasteiger partial charge in [-0.25, -0.2) is 4.79 Å². The van der Waals surface area contributed by atoms with E-state index in [1.807, 2.05) is 45.0 Å². The van der Waals surface area contributed by atoms with E-state index < -0.39 is 5.97 Å². The molecule has 0 aliphatic heterocycles. The topological polar surface area (TPSA) is 63.3 Å². The van der Waals surface area contributed by atoms with Crippen LogP contribution in [-0.2, 0) is 0 Å². The zero-order valence-corrected chi connectivity index (χ0v) is 11.3. The summed E-state index contributed by atoms with van der Waals surface area (Å²) in [5, 5.41) is 9.21. The quantitative estimate of drug-likeness (QED) is 0.806. The van der Waals surface area contributed by atoms with Crippen molar-refractivity contribution in [3.05, 3.63) is 52.6 Å². The van der Waals surface area contributed by atoms with Crippen molar-refractivity contribution >= 4 is 11.7 Å². The third kappa shape index (κ3) is 2.32. The average molecular weight is 255 g/mol. The second-order valence-corrected chi connectivity index (χ2v) is 4.81. The van der Waals surface area contributed by atoms with Crippen LogP contribution in [0.2, 0.25) is 0 Å². The summed E-state index contributed by atoms with van der Waals surface area (Å²) < 4.78 is 0. The van der Waals surface area contributed by atoms with Gasteiger partial charge in [0.2, 0.25) is 0 Å². The van der Waals surface area contributed by atoms with E-state index in [0.29, 0.717) is 5.56 Å². The third-order valence-electron chi connectivity index (χ3n) is 3.46. The van der Waals surface area contributed by atoms with Crippen LogP contribution in [0.3, 0.4) is 0 Å². The second kappa shape index (κ2) is 4.76. The SMILES string of the molecule is Cc1cc(-c2c(C)ccc(C(=O)O)c2C)ccc1N. The van der Waals surface area contributed by atoms with Gasteiger partial charge in [-0.2, -0.15) is 0 Å². The van der Waals surface area contributed by atoms with Gasteiger partial charge in [-0.1, -0.05) is 12.1 Å². The monoisotopic (exact) mass is 255 g/mol. The summed E-state index contributed by atoms with van der Waals surface area (Å²) in [7, 11) is 0. The molecule has 0 amide bonds. The summed E-state index contributed by atoms with van der Waals surface area (Å²) in [4.78, 5) is 11.2. The van der Waals surface area contributed by atoms with E-state index in [1.165, 1.54) is 0 Å². The highest BCUT2D eigenvalue weighted by Crippen LogP contribution is 2.31. The molecule has 0 saturated carbocycles. The highest BCUT2D eigenvalue weighted by Gasteiger charge is 2.14. The van der Waals surface area contributed by atoms with Crippen molar-refractivity contribution in [2.45, 2.75) is 20.8 Å². The zero-order valence-electron chi connectivity index (χ0n) is 11.3. The van der Waals surface area contributed by atoms with Gasteiger partial charge in [0, 0.05) is 5.69 Å². The van der Waals surface area contributed by atoms with Gasteiger partial charge in [-0.05, 0) is 66.8 Å². The molecule has 3 nitrogen and oxygen atoms in total. The van der Waals surface area contributed by atoms with Crippen molar-refractivity contribution in [3.63, 3.8) is 0 Å². The molecule has 0 atom stereocenters. The Morgan fingerprint density at radius 1 is 1.05 bits per heavy atom. The molecule has 2 rings (SSSR count). The summed E-state index contributed by atoms with van der Waals surface area (Å²) in [5.41, 5.74) is 11.7. The standard InChI is InChI=1S/C16H17NO2/c1-9-4-6-13(16(18)19)11(3)15(9)12-5-7-14(17)10(2)8-12/h4-8H,17H2,1-3H3,(H,18,19). The number of nitrogens with two attached hydrogens (primary N) is 1. The number of carboxylic acids is 1. The van der Waals surface area contributed by atoms with Crippen LogP contribution in [-0.4, -0.2) is 11.1 Å². The fraction of sp³-hybridized carbons (Fsp3) is 0.188. The lowest BCUT2D eigenvalue weighted by molar-refractivity contribution is 0.0696. The smallest absolute Gasteiger partial charge is 0.335 e. The Morgan fingerprint density at radius 2 is 1.74 bits per heavy atom. The Balaban J connectivity index is 2.70. The molecule has 0 heterocycles. The van der Waals surface area contributed by atoms with Crippen molar-refractivity contribution in [1.82, 2.24) is 0 Å². The summed E-state index contributed by atoms with van der Waals surface area (Å²) in [6.45, 7) is 5.78. The molecule has 0 radical (unpaired) electrons. The van der Waals surface area contributed by atoms with Gasteiger partial charge in [0.05, 0.1) is 5.56 Å². The van der Waals surface area contributed by atoms with Crippen molar-refractivity contribution in [1.29, 1.82) is 0 Å². The normalized spacial score (nSPS) is 10.5. The number of rotatable bonds is 2. The van der Waals surface area contributed by atoms with Gasteiger partial charge in [0.25, 0.3) is 0 Å². The molecule has 0 bridgehead atoms. The van der Waals surface area contributed by atoms with Crippen molar-refractivity contribution in [2.75, 3.05) is 5.73 Å². The molecule has 2 aromatic carbocycles. The molecule has 98 valence electrons. The number of carbonyl (C=O) groups is 1. The van der Waals surface area contributed by atoms with Crippen molar-refractivity contribution in [2.24, 2.45) is 0 Å². The van der Waals surface area contributed by atoms with Crippen molar-refractivity contribution in [3.8, 4) is 11.1 Å².